The molecule has 1 fully saturated rings. The molecule has 3 rings (SSSR count). The Morgan fingerprint density at radius 1 is 1.27 bits per heavy atom. The number of aromatic nitrogens is 2. The first-order valence-corrected chi connectivity index (χ1v) is 11.3. The largest absolute Gasteiger partial charge is 0.347 e. The summed E-state index contributed by atoms with van der Waals surface area (Å²) in [5.41, 5.74) is 0.212. The number of anilines is 2. The van der Waals surface area contributed by atoms with E-state index in [1.54, 1.807) is 6.92 Å². The molecule has 10 heteroatoms. The van der Waals surface area contributed by atoms with Crippen molar-refractivity contribution in [1.82, 2.24) is 15.3 Å². The second kappa shape index (κ2) is 8.58. The number of carbonyl (C=O) groups excluding carboxylic acids is 2. The summed E-state index contributed by atoms with van der Waals surface area (Å²) in [5, 5.41) is 2.67. The Morgan fingerprint density at radius 2 is 1.90 bits per heavy atom. The number of nitrogens with one attached hydrogen (secondary N) is 1. The van der Waals surface area contributed by atoms with Gasteiger partial charge >= 0.3 is 0 Å². The van der Waals surface area contributed by atoms with Gasteiger partial charge in [0.2, 0.25) is 11.9 Å². The minimum atomic E-state index is -1.05. The number of thioether (sulfide) groups is 1. The molecule has 0 aliphatic heterocycles. The fourth-order valence-electron chi connectivity index (χ4n) is 3.18. The minimum Gasteiger partial charge on any atom is -0.347 e. The van der Waals surface area contributed by atoms with Crippen LogP contribution in [-0.4, -0.2) is 32.4 Å². The van der Waals surface area contributed by atoms with Crippen LogP contribution in [0.5, 0.6) is 0 Å². The first-order valence-electron chi connectivity index (χ1n) is 9.60. The molecule has 0 saturated heterocycles. The molecule has 0 radical (unpaired) electrons. The minimum absolute atomic E-state index is 0.0287. The average Bonchev–Trinajstić information content (AvgIpc) is 2.98. The number of amides is 2. The van der Waals surface area contributed by atoms with Gasteiger partial charge in [-0.2, -0.15) is 13.8 Å². The summed E-state index contributed by atoms with van der Waals surface area (Å²) in [7, 11) is 0. The number of aryl methyl sites for hydroxylation is 1. The van der Waals surface area contributed by atoms with Gasteiger partial charge in [0.1, 0.15) is 5.69 Å². The van der Waals surface area contributed by atoms with E-state index in [1.165, 1.54) is 0 Å². The Hall–Kier alpha value is -2.07. The highest BCUT2D eigenvalue weighted by molar-refractivity contribution is 8.14. The van der Waals surface area contributed by atoms with E-state index in [2.05, 4.69) is 29.1 Å². The van der Waals surface area contributed by atoms with Crippen molar-refractivity contribution in [2.45, 2.75) is 58.8 Å². The number of nitrogens with zero attached hydrogens (tertiary/aromatic N) is 3. The Bertz CT molecular complexity index is 957. The fraction of sp³-hybridized carbons (Fsp3) is 0.500. The zero-order valence-corrected chi connectivity index (χ0v) is 19.1. The molecule has 1 aliphatic carbocycles. The van der Waals surface area contributed by atoms with Crippen LogP contribution in [0.15, 0.2) is 12.1 Å². The van der Waals surface area contributed by atoms with Crippen LogP contribution in [0.25, 0.3) is 0 Å². The van der Waals surface area contributed by atoms with E-state index in [4.69, 9.17) is 0 Å². The second-order valence-electron chi connectivity index (χ2n) is 8.19. The summed E-state index contributed by atoms with van der Waals surface area (Å²) in [5.74, 6) is -2.41. The molecule has 0 aromatic carbocycles. The lowest BCUT2D eigenvalue weighted by atomic mass is 9.67. The molecule has 1 N–H and O–H groups in total. The van der Waals surface area contributed by atoms with Crippen molar-refractivity contribution in [3.8, 4) is 0 Å². The molecule has 1 atom stereocenters. The predicted octanol–water partition coefficient (Wildman–Crippen LogP) is 5.44. The first-order chi connectivity index (χ1) is 14.0. The van der Waals surface area contributed by atoms with Gasteiger partial charge in [-0.15, -0.1) is 11.3 Å². The first kappa shape index (κ1) is 22.6. The third-order valence-electron chi connectivity index (χ3n) is 5.04. The van der Waals surface area contributed by atoms with E-state index in [0.717, 1.165) is 53.0 Å². The Labute approximate surface area is 182 Å². The highest BCUT2D eigenvalue weighted by Gasteiger charge is 2.40. The summed E-state index contributed by atoms with van der Waals surface area (Å²) >= 11 is 2.12. The third kappa shape index (κ3) is 4.80. The lowest BCUT2D eigenvalue weighted by Crippen LogP contribution is -2.52. The normalized spacial score (nSPS) is 17.5. The zero-order chi connectivity index (χ0) is 22.2. The molecule has 2 heterocycles. The molecule has 30 heavy (non-hydrogen) atoms. The van der Waals surface area contributed by atoms with Crippen LogP contribution in [0.4, 0.5) is 24.4 Å². The van der Waals surface area contributed by atoms with Gasteiger partial charge in [-0.25, -0.2) is 9.88 Å². The Balaban J connectivity index is 1.95. The topological polar surface area (TPSA) is 75.2 Å². The van der Waals surface area contributed by atoms with E-state index in [9.17, 15) is 18.4 Å². The van der Waals surface area contributed by atoms with Gasteiger partial charge < -0.3 is 5.32 Å². The van der Waals surface area contributed by atoms with Crippen molar-refractivity contribution in [3.05, 3.63) is 34.6 Å². The molecule has 2 aromatic rings. The van der Waals surface area contributed by atoms with Crippen molar-refractivity contribution in [3.63, 3.8) is 0 Å². The summed E-state index contributed by atoms with van der Waals surface area (Å²) in [6.45, 7) is 9.59. The van der Waals surface area contributed by atoms with E-state index in [-0.39, 0.29) is 39.1 Å². The van der Waals surface area contributed by atoms with Crippen LogP contribution in [0.3, 0.4) is 0 Å². The SMILES string of the molecule is Cc1sc(N(C(=O)SC(C)C)c2cc(F)nc(F)c2)nc1C(=O)NC1CCC1(C)C. The molecule has 2 aromatic heterocycles. The van der Waals surface area contributed by atoms with Crippen molar-refractivity contribution < 1.29 is 18.4 Å². The number of hydrogen-bond acceptors (Lipinski definition) is 6. The van der Waals surface area contributed by atoms with Crippen LogP contribution in [0.1, 0.15) is 55.9 Å². The van der Waals surface area contributed by atoms with Crippen LogP contribution >= 0.6 is 23.1 Å². The highest BCUT2D eigenvalue weighted by atomic mass is 32.2. The number of pyridine rings is 1. The van der Waals surface area contributed by atoms with Gasteiger partial charge in [-0.05, 0) is 25.2 Å². The van der Waals surface area contributed by atoms with Crippen molar-refractivity contribution in [2.75, 3.05) is 4.90 Å². The molecule has 162 valence electrons. The van der Waals surface area contributed by atoms with E-state index in [1.807, 2.05) is 13.8 Å². The standard InChI is InChI=1S/C20H24F2N4O2S2/c1-10(2)29-19(28)26(12-8-14(21)24-15(22)9-12)18-25-16(11(3)30-18)17(27)23-13-6-7-20(13,4)5/h8-10,13H,6-7H2,1-5H3,(H,23,27). The molecular formula is C20H24F2N4O2S2. The fourth-order valence-corrected chi connectivity index (χ4v) is 4.86. The molecule has 0 bridgehead atoms. The van der Waals surface area contributed by atoms with Crippen LogP contribution in [0.2, 0.25) is 0 Å². The maximum Gasteiger partial charge on any atom is 0.292 e. The van der Waals surface area contributed by atoms with Gasteiger partial charge in [0.15, 0.2) is 5.13 Å². The molecule has 2 amide bonds. The predicted molar refractivity (Wildman–Crippen MR) is 116 cm³/mol. The number of hydrogen-bond donors (Lipinski definition) is 1. The van der Waals surface area contributed by atoms with Gasteiger partial charge in [0, 0.05) is 28.3 Å². The van der Waals surface area contributed by atoms with Gasteiger partial charge in [0.05, 0.1) is 5.69 Å². The second-order valence-corrected chi connectivity index (χ2v) is 10.9. The smallest absolute Gasteiger partial charge is 0.292 e. The summed E-state index contributed by atoms with van der Waals surface area (Å²) in [6, 6.07) is 2.00. The van der Waals surface area contributed by atoms with Gasteiger partial charge in [-0.1, -0.05) is 39.5 Å². The average molecular weight is 455 g/mol. The van der Waals surface area contributed by atoms with E-state index < -0.39 is 17.1 Å². The number of thiazole rings is 1. The lowest BCUT2D eigenvalue weighted by molar-refractivity contribution is 0.0728. The zero-order valence-electron chi connectivity index (χ0n) is 17.5. The molecular weight excluding hydrogens is 430 g/mol. The van der Waals surface area contributed by atoms with E-state index >= 15 is 0 Å². The number of rotatable bonds is 5. The summed E-state index contributed by atoms with van der Waals surface area (Å²) < 4.78 is 27.5. The van der Waals surface area contributed by atoms with Crippen LogP contribution < -0.4 is 10.2 Å². The summed E-state index contributed by atoms with van der Waals surface area (Å²) in [4.78, 5) is 34.8. The van der Waals surface area contributed by atoms with Gasteiger partial charge in [-0.3, -0.25) is 9.59 Å². The van der Waals surface area contributed by atoms with Crippen molar-refractivity contribution in [1.29, 1.82) is 0 Å². The maximum absolute atomic E-state index is 13.7. The maximum atomic E-state index is 13.7. The molecule has 6 nitrogen and oxygen atoms in total. The quantitative estimate of drug-likeness (QED) is 0.609. The summed E-state index contributed by atoms with van der Waals surface area (Å²) in [6.07, 6.45) is 1.94. The monoisotopic (exact) mass is 454 g/mol. The third-order valence-corrected chi connectivity index (χ3v) is 6.85. The molecule has 1 saturated carbocycles. The number of carbonyl (C=O) groups is 2. The number of halogens is 2. The van der Waals surface area contributed by atoms with Crippen molar-refractivity contribution in [2.24, 2.45) is 5.41 Å². The molecule has 0 spiro atoms. The van der Waals surface area contributed by atoms with Crippen LogP contribution in [-0.2, 0) is 0 Å². The molecule has 1 unspecified atom stereocenters. The van der Waals surface area contributed by atoms with Crippen molar-refractivity contribution >= 4 is 45.1 Å². The van der Waals surface area contributed by atoms with Gasteiger partial charge in [0.25, 0.3) is 11.1 Å². The molecule has 1 aliphatic rings. The highest BCUT2D eigenvalue weighted by Crippen LogP contribution is 2.40. The Morgan fingerprint density at radius 3 is 2.40 bits per heavy atom. The lowest BCUT2D eigenvalue weighted by Gasteiger charge is -2.44. The van der Waals surface area contributed by atoms with E-state index in [0.29, 0.717) is 4.88 Å². The van der Waals surface area contributed by atoms with Crippen LogP contribution in [0, 0.1) is 24.2 Å². The Kier molecular flexibility index (Phi) is 6.47.